The van der Waals surface area contributed by atoms with Gasteiger partial charge < -0.3 is 4.74 Å². The van der Waals surface area contributed by atoms with E-state index < -0.39 is 0 Å². The molecule has 0 atom stereocenters. The highest BCUT2D eigenvalue weighted by Crippen LogP contribution is 2.35. The Morgan fingerprint density at radius 2 is 2.18 bits per heavy atom. The van der Waals surface area contributed by atoms with Crippen molar-refractivity contribution in [3.8, 4) is 5.75 Å². The van der Waals surface area contributed by atoms with E-state index in [4.69, 9.17) is 4.74 Å². The quantitative estimate of drug-likeness (QED) is 0.727. The third-order valence-electron chi connectivity index (χ3n) is 4.32. The van der Waals surface area contributed by atoms with E-state index in [1.54, 1.807) is 0 Å². The Labute approximate surface area is 137 Å². The van der Waals surface area contributed by atoms with Gasteiger partial charge in [-0.3, -0.25) is 4.90 Å². The highest BCUT2D eigenvalue weighted by atomic mass is 32.1. The Balaban J connectivity index is 1.81. The Morgan fingerprint density at radius 3 is 2.91 bits per heavy atom. The van der Waals surface area contributed by atoms with Gasteiger partial charge in [0.25, 0.3) is 0 Å². The van der Waals surface area contributed by atoms with E-state index in [1.807, 2.05) is 18.3 Å². The second-order valence-corrected chi connectivity index (χ2v) is 6.79. The van der Waals surface area contributed by atoms with Gasteiger partial charge in [-0.1, -0.05) is 19.4 Å². The number of benzene rings is 1. The summed E-state index contributed by atoms with van der Waals surface area (Å²) in [6.45, 7) is 8.54. The van der Waals surface area contributed by atoms with E-state index in [-0.39, 0.29) is 0 Å². The summed E-state index contributed by atoms with van der Waals surface area (Å²) in [7, 11) is 0. The first-order chi connectivity index (χ1) is 10.8. The second-order valence-electron chi connectivity index (χ2n) is 5.87. The molecule has 0 bridgehead atoms. The van der Waals surface area contributed by atoms with Gasteiger partial charge in [0, 0.05) is 23.2 Å². The number of fused-ring (bicyclic) bond motifs is 1. The summed E-state index contributed by atoms with van der Waals surface area (Å²) in [4.78, 5) is 2.56. The van der Waals surface area contributed by atoms with Gasteiger partial charge in [0.1, 0.15) is 5.75 Å². The molecule has 2 aromatic rings. The molecule has 118 valence electrons. The Morgan fingerprint density at radius 1 is 1.27 bits per heavy atom. The smallest absolute Gasteiger partial charge is 0.119 e. The van der Waals surface area contributed by atoms with Gasteiger partial charge in [-0.15, -0.1) is 11.3 Å². The van der Waals surface area contributed by atoms with Crippen molar-refractivity contribution in [1.82, 2.24) is 4.90 Å². The van der Waals surface area contributed by atoms with Gasteiger partial charge in [-0.25, -0.2) is 0 Å². The highest BCUT2D eigenvalue weighted by molar-refractivity contribution is 7.17. The molecule has 0 saturated carbocycles. The Kier molecular flexibility index (Phi) is 5.16. The lowest BCUT2D eigenvalue weighted by Crippen LogP contribution is -2.29. The van der Waals surface area contributed by atoms with Crippen LogP contribution in [0.3, 0.4) is 0 Å². The van der Waals surface area contributed by atoms with Gasteiger partial charge in [0.2, 0.25) is 0 Å². The van der Waals surface area contributed by atoms with Crippen molar-refractivity contribution >= 4 is 27.0 Å². The molecular weight excluding hydrogens is 290 g/mol. The van der Waals surface area contributed by atoms with E-state index in [2.05, 4.69) is 41.5 Å². The number of nitrogens with zero attached hydrogens (tertiary/aromatic N) is 1. The molecule has 0 radical (unpaired) electrons. The normalized spacial score (nSPS) is 16.0. The topological polar surface area (TPSA) is 12.5 Å². The minimum atomic E-state index is 0.722. The maximum atomic E-state index is 5.66. The molecule has 0 fully saturated rings. The molecule has 0 unspecified atom stereocenters. The molecule has 1 aromatic carbocycles. The fourth-order valence-electron chi connectivity index (χ4n) is 3.05. The molecule has 2 nitrogen and oxygen atoms in total. The highest BCUT2D eigenvalue weighted by Gasteiger charge is 2.15. The average Bonchev–Trinajstić information content (AvgIpc) is 2.97. The number of unbranched alkanes of at least 4 members (excludes halogenated alkanes) is 1. The molecular formula is C19H25NOS. The second kappa shape index (κ2) is 7.30. The molecule has 0 aliphatic carbocycles. The van der Waals surface area contributed by atoms with E-state index >= 15 is 0 Å². The molecule has 0 amide bonds. The first-order valence-electron chi connectivity index (χ1n) is 8.37. The van der Waals surface area contributed by atoms with Crippen LogP contribution >= 0.6 is 11.3 Å². The molecule has 3 rings (SSSR count). The van der Waals surface area contributed by atoms with Crippen molar-refractivity contribution < 1.29 is 4.74 Å². The maximum Gasteiger partial charge on any atom is 0.119 e. The predicted octanol–water partition coefficient (Wildman–Crippen LogP) is 5.19. The van der Waals surface area contributed by atoms with Crippen LogP contribution in [0.2, 0.25) is 0 Å². The minimum Gasteiger partial charge on any atom is -0.494 e. The number of rotatable bonds is 6. The summed E-state index contributed by atoms with van der Waals surface area (Å²) < 4.78 is 7.02. The summed E-state index contributed by atoms with van der Waals surface area (Å²) >= 11 is 1.84. The van der Waals surface area contributed by atoms with Gasteiger partial charge in [0.05, 0.1) is 6.61 Å². The van der Waals surface area contributed by atoms with Crippen molar-refractivity contribution in [1.29, 1.82) is 0 Å². The van der Waals surface area contributed by atoms with Crippen LogP contribution in [0.15, 0.2) is 29.7 Å². The van der Waals surface area contributed by atoms with E-state index in [0.717, 1.165) is 25.3 Å². The van der Waals surface area contributed by atoms with Gasteiger partial charge in [-0.05, 0) is 61.0 Å². The first kappa shape index (κ1) is 15.6. The van der Waals surface area contributed by atoms with Gasteiger partial charge >= 0.3 is 0 Å². The number of hydrogen-bond donors (Lipinski definition) is 0. The van der Waals surface area contributed by atoms with Crippen molar-refractivity contribution in [2.75, 3.05) is 26.2 Å². The molecule has 0 N–H and O–H groups in total. The molecule has 0 saturated heterocycles. The fraction of sp³-hybridized carbons (Fsp3) is 0.474. The van der Waals surface area contributed by atoms with E-state index in [9.17, 15) is 0 Å². The molecule has 1 aliphatic rings. The van der Waals surface area contributed by atoms with Crippen LogP contribution in [0.4, 0.5) is 0 Å². The van der Waals surface area contributed by atoms with Crippen LogP contribution in [0.1, 0.15) is 38.7 Å². The standard InChI is InChI=1S/C19H25NOS/c1-3-5-10-20-11-8-15(9-12-20)18-14-22-19-7-6-16(21-4-2)13-17(18)19/h6-8,13-14H,3-5,9-12H2,1-2H3. The molecule has 1 aromatic heterocycles. The monoisotopic (exact) mass is 315 g/mol. The predicted molar refractivity (Wildman–Crippen MR) is 96.9 cm³/mol. The molecule has 22 heavy (non-hydrogen) atoms. The van der Waals surface area contributed by atoms with Crippen LogP contribution in [0.5, 0.6) is 5.75 Å². The average molecular weight is 315 g/mol. The van der Waals surface area contributed by atoms with Crippen LogP contribution in [0.25, 0.3) is 15.7 Å². The zero-order chi connectivity index (χ0) is 15.4. The fourth-order valence-corrected chi connectivity index (χ4v) is 4.02. The van der Waals surface area contributed by atoms with Crippen molar-refractivity contribution in [3.05, 3.63) is 35.2 Å². The largest absolute Gasteiger partial charge is 0.494 e. The SMILES string of the molecule is CCCCN1CC=C(c2csc3ccc(OCC)cc23)CC1. The van der Waals surface area contributed by atoms with Crippen molar-refractivity contribution in [2.24, 2.45) is 0 Å². The zero-order valence-corrected chi connectivity index (χ0v) is 14.4. The molecule has 2 heterocycles. The van der Waals surface area contributed by atoms with E-state index in [1.165, 1.54) is 47.2 Å². The van der Waals surface area contributed by atoms with E-state index in [0.29, 0.717) is 0 Å². The zero-order valence-electron chi connectivity index (χ0n) is 13.6. The number of hydrogen-bond acceptors (Lipinski definition) is 3. The minimum absolute atomic E-state index is 0.722. The van der Waals surface area contributed by atoms with Crippen molar-refractivity contribution in [3.63, 3.8) is 0 Å². The van der Waals surface area contributed by atoms with Crippen molar-refractivity contribution in [2.45, 2.75) is 33.1 Å². The maximum absolute atomic E-state index is 5.66. The van der Waals surface area contributed by atoms with Crippen LogP contribution in [-0.2, 0) is 0 Å². The third-order valence-corrected chi connectivity index (χ3v) is 5.29. The molecule has 0 spiro atoms. The summed E-state index contributed by atoms with van der Waals surface area (Å²) in [6, 6.07) is 6.47. The molecule has 3 heteroatoms. The lowest BCUT2D eigenvalue weighted by Gasteiger charge is -2.26. The van der Waals surface area contributed by atoms with Crippen LogP contribution < -0.4 is 4.74 Å². The van der Waals surface area contributed by atoms with Crippen LogP contribution in [0, 0.1) is 0 Å². The lowest BCUT2D eigenvalue weighted by molar-refractivity contribution is 0.297. The lowest BCUT2D eigenvalue weighted by atomic mass is 9.98. The Bertz CT molecular complexity index is 658. The van der Waals surface area contributed by atoms with Gasteiger partial charge in [-0.2, -0.15) is 0 Å². The Hall–Kier alpha value is -1.32. The summed E-state index contributed by atoms with van der Waals surface area (Å²) in [5, 5.41) is 3.66. The van der Waals surface area contributed by atoms with Gasteiger partial charge in [0.15, 0.2) is 0 Å². The summed E-state index contributed by atoms with van der Waals surface area (Å²) in [5.41, 5.74) is 2.92. The summed E-state index contributed by atoms with van der Waals surface area (Å²) in [6.07, 6.45) is 6.17. The first-order valence-corrected chi connectivity index (χ1v) is 9.25. The number of ether oxygens (including phenoxy) is 1. The summed E-state index contributed by atoms with van der Waals surface area (Å²) in [5.74, 6) is 0.982. The third kappa shape index (κ3) is 3.36. The number of thiophene rings is 1. The molecule has 1 aliphatic heterocycles. The van der Waals surface area contributed by atoms with Crippen LogP contribution in [-0.4, -0.2) is 31.1 Å².